The summed E-state index contributed by atoms with van der Waals surface area (Å²) < 4.78 is 7.68. The zero-order chi connectivity index (χ0) is 19.2. The zero-order valence-electron chi connectivity index (χ0n) is 15.0. The zero-order valence-corrected chi connectivity index (χ0v) is 15.8. The highest BCUT2D eigenvalue weighted by Gasteiger charge is 2.18. The largest absolute Gasteiger partial charge is 0.506 e. The quantitative estimate of drug-likeness (QED) is 0.479. The van der Waals surface area contributed by atoms with E-state index in [0.717, 1.165) is 5.75 Å². The number of amides is 1. The van der Waals surface area contributed by atoms with Crippen molar-refractivity contribution < 1.29 is 14.6 Å². The van der Waals surface area contributed by atoms with Crippen LogP contribution >= 0.6 is 11.8 Å². The van der Waals surface area contributed by atoms with Gasteiger partial charge in [-0.3, -0.25) is 4.79 Å². The highest BCUT2D eigenvalue weighted by molar-refractivity contribution is 7.99. The van der Waals surface area contributed by atoms with Crippen molar-refractivity contribution in [1.82, 2.24) is 14.8 Å². The van der Waals surface area contributed by atoms with Gasteiger partial charge in [0.1, 0.15) is 11.5 Å². The number of phenolic OH excluding ortho intramolecular Hbond substituents is 1. The van der Waals surface area contributed by atoms with Crippen LogP contribution in [0.3, 0.4) is 0 Å². The van der Waals surface area contributed by atoms with Crippen molar-refractivity contribution in [3.63, 3.8) is 0 Å². The van der Waals surface area contributed by atoms with E-state index >= 15 is 0 Å². The van der Waals surface area contributed by atoms with Gasteiger partial charge < -0.3 is 19.7 Å². The van der Waals surface area contributed by atoms with Gasteiger partial charge in [-0.2, -0.15) is 0 Å². The molecule has 0 bridgehead atoms. The first kappa shape index (κ1) is 18.8. The van der Waals surface area contributed by atoms with Crippen molar-refractivity contribution in [3.8, 4) is 11.5 Å². The lowest BCUT2D eigenvalue weighted by molar-refractivity contribution is -0.113. The number of benzene rings is 2. The third-order valence-electron chi connectivity index (χ3n) is 3.80. The van der Waals surface area contributed by atoms with Crippen LogP contribution in [0.1, 0.15) is 18.9 Å². The minimum atomic E-state index is -0.283. The first-order chi connectivity index (χ1) is 13.0. The van der Waals surface area contributed by atoms with Gasteiger partial charge in [0.15, 0.2) is 17.1 Å². The SMILES string of the molecule is C[C@@H](Oc1ccccc1)c1nnc(SCC(=O)Nc2ccccc2O)n1C. The number of hydrogen-bond acceptors (Lipinski definition) is 6. The van der Waals surface area contributed by atoms with Crippen LogP contribution in [0.2, 0.25) is 0 Å². The summed E-state index contributed by atoms with van der Waals surface area (Å²) in [4.78, 5) is 12.1. The number of aromatic hydroxyl groups is 1. The minimum Gasteiger partial charge on any atom is -0.506 e. The van der Waals surface area contributed by atoms with Crippen molar-refractivity contribution in [1.29, 1.82) is 0 Å². The van der Waals surface area contributed by atoms with E-state index in [0.29, 0.717) is 16.7 Å². The molecule has 3 aromatic rings. The topological polar surface area (TPSA) is 89.3 Å². The number of nitrogens with one attached hydrogen (secondary N) is 1. The molecule has 1 heterocycles. The molecular weight excluding hydrogens is 364 g/mol. The Morgan fingerprint density at radius 3 is 2.63 bits per heavy atom. The van der Waals surface area contributed by atoms with Crippen LogP contribution in [0.15, 0.2) is 59.8 Å². The van der Waals surface area contributed by atoms with Gasteiger partial charge in [-0.1, -0.05) is 42.1 Å². The van der Waals surface area contributed by atoms with Crippen molar-refractivity contribution in [2.45, 2.75) is 18.2 Å². The van der Waals surface area contributed by atoms with Gasteiger partial charge in [0.2, 0.25) is 5.91 Å². The Hall–Kier alpha value is -3.00. The standard InChI is InChI=1S/C19H20N4O3S/c1-13(26-14-8-4-3-5-9-14)18-21-22-19(23(18)2)27-12-17(25)20-15-10-6-7-11-16(15)24/h3-11,13,24H,12H2,1-2H3,(H,20,25)/t13-/m1/s1. The molecule has 0 saturated heterocycles. The van der Waals surface area contributed by atoms with Crippen LogP contribution in [0.25, 0.3) is 0 Å². The molecule has 0 spiro atoms. The van der Waals surface area contributed by atoms with Crippen LogP contribution in [-0.2, 0) is 11.8 Å². The summed E-state index contributed by atoms with van der Waals surface area (Å²) in [6.07, 6.45) is -0.283. The summed E-state index contributed by atoms with van der Waals surface area (Å²) in [6.45, 7) is 1.90. The molecule has 3 rings (SSSR count). The van der Waals surface area contributed by atoms with Gasteiger partial charge in [-0.25, -0.2) is 0 Å². The van der Waals surface area contributed by atoms with E-state index < -0.39 is 0 Å². The van der Waals surface area contributed by atoms with Gasteiger partial charge in [0, 0.05) is 7.05 Å². The molecule has 0 radical (unpaired) electrons. The Balaban J connectivity index is 1.58. The number of para-hydroxylation sites is 3. The third-order valence-corrected chi connectivity index (χ3v) is 4.82. The van der Waals surface area contributed by atoms with E-state index in [2.05, 4.69) is 15.5 Å². The number of aromatic nitrogens is 3. The molecule has 2 N–H and O–H groups in total. The van der Waals surface area contributed by atoms with Crippen LogP contribution in [0.5, 0.6) is 11.5 Å². The first-order valence-electron chi connectivity index (χ1n) is 8.36. The molecule has 0 unspecified atom stereocenters. The summed E-state index contributed by atoms with van der Waals surface area (Å²) in [7, 11) is 1.84. The molecule has 140 valence electrons. The Bertz CT molecular complexity index is 914. The molecule has 1 atom stereocenters. The van der Waals surface area contributed by atoms with Gasteiger partial charge in [0.25, 0.3) is 0 Å². The molecule has 0 aliphatic carbocycles. The molecule has 1 amide bonds. The lowest BCUT2D eigenvalue weighted by Crippen LogP contribution is -2.15. The van der Waals surface area contributed by atoms with Crippen molar-refractivity contribution in [2.24, 2.45) is 7.05 Å². The number of phenols is 1. The van der Waals surface area contributed by atoms with E-state index in [1.54, 1.807) is 18.2 Å². The normalized spacial score (nSPS) is 11.8. The maximum atomic E-state index is 12.1. The first-order valence-corrected chi connectivity index (χ1v) is 9.35. The van der Waals surface area contributed by atoms with Gasteiger partial charge in [-0.15, -0.1) is 10.2 Å². The van der Waals surface area contributed by atoms with Crippen LogP contribution in [-0.4, -0.2) is 31.5 Å². The third kappa shape index (κ3) is 4.79. The fourth-order valence-corrected chi connectivity index (χ4v) is 3.18. The summed E-state index contributed by atoms with van der Waals surface area (Å²) in [5.74, 6) is 1.36. The second kappa shape index (κ2) is 8.59. The van der Waals surface area contributed by atoms with E-state index in [1.807, 2.05) is 48.9 Å². The van der Waals surface area contributed by atoms with E-state index in [4.69, 9.17) is 4.74 Å². The molecule has 1 aromatic heterocycles. The monoisotopic (exact) mass is 384 g/mol. The molecule has 0 fully saturated rings. The van der Waals surface area contributed by atoms with Crippen molar-refractivity contribution >= 4 is 23.4 Å². The Kier molecular flexibility index (Phi) is 5.97. The fraction of sp³-hybridized carbons (Fsp3) is 0.211. The lowest BCUT2D eigenvalue weighted by Gasteiger charge is -2.14. The van der Waals surface area contributed by atoms with E-state index in [-0.39, 0.29) is 23.5 Å². The molecule has 8 heteroatoms. The number of thioether (sulfide) groups is 1. The molecule has 7 nitrogen and oxygen atoms in total. The number of ether oxygens (including phenoxy) is 1. The average molecular weight is 384 g/mol. The van der Waals surface area contributed by atoms with E-state index in [1.165, 1.54) is 17.8 Å². The number of hydrogen-bond donors (Lipinski definition) is 2. The number of rotatable bonds is 7. The smallest absolute Gasteiger partial charge is 0.234 e. The number of carbonyl (C=O) groups excluding carboxylic acids is 1. The molecule has 27 heavy (non-hydrogen) atoms. The average Bonchev–Trinajstić information content (AvgIpc) is 3.03. The van der Waals surface area contributed by atoms with Crippen LogP contribution in [0.4, 0.5) is 5.69 Å². The van der Waals surface area contributed by atoms with Crippen molar-refractivity contribution in [3.05, 3.63) is 60.4 Å². The summed E-state index contributed by atoms with van der Waals surface area (Å²) in [5, 5.41) is 21.3. The fourth-order valence-electron chi connectivity index (χ4n) is 2.46. The van der Waals surface area contributed by atoms with Crippen LogP contribution in [0, 0.1) is 0 Å². The molecule has 0 aliphatic heterocycles. The Labute approximate surface area is 161 Å². The number of nitrogens with zero attached hydrogens (tertiary/aromatic N) is 3. The maximum Gasteiger partial charge on any atom is 0.234 e. The number of carbonyl (C=O) groups is 1. The predicted octanol–water partition coefficient (Wildman–Crippen LogP) is 3.39. The highest BCUT2D eigenvalue weighted by atomic mass is 32.2. The Morgan fingerprint density at radius 1 is 1.19 bits per heavy atom. The summed E-state index contributed by atoms with van der Waals surface area (Å²) in [6, 6.07) is 16.1. The predicted molar refractivity (Wildman–Crippen MR) is 104 cm³/mol. The maximum absolute atomic E-state index is 12.1. The molecule has 0 aliphatic rings. The summed E-state index contributed by atoms with van der Waals surface area (Å²) in [5.41, 5.74) is 0.381. The second-order valence-corrected chi connectivity index (χ2v) is 6.77. The Morgan fingerprint density at radius 2 is 1.89 bits per heavy atom. The molecule has 2 aromatic carbocycles. The second-order valence-electron chi connectivity index (χ2n) is 5.83. The summed E-state index contributed by atoms with van der Waals surface area (Å²) >= 11 is 1.26. The minimum absolute atomic E-state index is 0.0312. The van der Waals surface area contributed by atoms with Gasteiger partial charge in [0.05, 0.1) is 11.4 Å². The van der Waals surface area contributed by atoms with Gasteiger partial charge in [-0.05, 0) is 31.2 Å². The number of anilines is 1. The van der Waals surface area contributed by atoms with Crippen LogP contribution < -0.4 is 10.1 Å². The lowest BCUT2D eigenvalue weighted by atomic mass is 10.3. The molecule has 0 saturated carbocycles. The van der Waals surface area contributed by atoms with Crippen molar-refractivity contribution in [2.75, 3.05) is 11.1 Å². The highest BCUT2D eigenvalue weighted by Crippen LogP contribution is 2.25. The van der Waals surface area contributed by atoms with Gasteiger partial charge >= 0.3 is 0 Å². The molecular formula is C19H20N4O3S. The van der Waals surface area contributed by atoms with E-state index in [9.17, 15) is 9.90 Å².